The highest BCUT2D eigenvalue weighted by Gasteiger charge is 2.15. The highest BCUT2D eigenvalue weighted by Crippen LogP contribution is 2.28. The normalized spacial score (nSPS) is 12.6. The molecular formula is C15H18BrNS. The summed E-state index contributed by atoms with van der Waals surface area (Å²) < 4.78 is 1.14. The van der Waals surface area contributed by atoms with E-state index in [1.807, 2.05) is 0 Å². The number of halogens is 1. The summed E-state index contributed by atoms with van der Waals surface area (Å²) in [6, 6.07) is 9.03. The Balaban J connectivity index is 2.33. The molecule has 1 aromatic carbocycles. The average molecular weight is 324 g/mol. The van der Waals surface area contributed by atoms with Crippen LogP contribution in [0.15, 0.2) is 39.5 Å². The predicted molar refractivity (Wildman–Crippen MR) is 83.3 cm³/mol. The second kappa shape index (κ2) is 6.50. The number of rotatable bonds is 5. The van der Waals surface area contributed by atoms with Crippen LogP contribution < -0.4 is 5.32 Å². The topological polar surface area (TPSA) is 12.0 Å². The zero-order valence-corrected chi connectivity index (χ0v) is 13.1. The predicted octanol–water partition coefficient (Wildman–Crippen LogP) is 4.91. The van der Waals surface area contributed by atoms with Crippen LogP contribution in [0.5, 0.6) is 0 Å². The molecule has 0 radical (unpaired) electrons. The molecule has 0 aliphatic carbocycles. The largest absolute Gasteiger partial charge is 0.306 e. The molecule has 0 bridgehead atoms. The molecule has 1 unspecified atom stereocenters. The SMILES string of the molecule is CCCNC(c1ccsc1)c1ccc(Br)cc1C. The number of nitrogens with one attached hydrogen (secondary N) is 1. The highest BCUT2D eigenvalue weighted by molar-refractivity contribution is 9.10. The lowest BCUT2D eigenvalue weighted by Crippen LogP contribution is -2.23. The van der Waals surface area contributed by atoms with Gasteiger partial charge in [0.05, 0.1) is 6.04 Å². The minimum absolute atomic E-state index is 0.310. The maximum Gasteiger partial charge on any atom is 0.0587 e. The molecule has 2 aromatic rings. The Morgan fingerprint density at radius 2 is 2.17 bits per heavy atom. The zero-order chi connectivity index (χ0) is 13.0. The van der Waals surface area contributed by atoms with Gasteiger partial charge in [-0.1, -0.05) is 28.9 Å². The van der Waals surface area contributed by atoms with E-state index in [1.54, 1.807) is 11.3 Å². The van der Waals surface area contributed by atoms with Crippen molar-refractivity contribution in [2.45, 2.75) is 26.3 Å². The minimum Gasteiger partial charge on any atom is -0.306 e. The van der Waals surface area contributed by atoms with Gasteiger partial charge < -0.3 is 5.32 Å². The van der Waals surface area contributed by atoms with E-state index in [9.17, 15) is 0 Å². The molecule has 18 heavy (non-hydrogen) atoms. The van der Waals surface area contributed by atoms with E-state index in [1.165, 1.54) is 16.7 Å². The first-order valence-electron chi connectivity index (χ1n) is 6.24. The van der Waals surface area contributed by atoms with Crippen LogP contribution in [0.25, 0.3) is 0 Å². The Morgan fingerprint density at radius 3 is 2.78 bits per heavy atom. The van der Waals surface area contributed by atoms with Crippen LogP contribution in [0.2, 0.25) is 0 Å². The van der Waals surface area contributed by atoms with Crippen LogP contribution in [-0.4, -0.2) is 6.54 Å². The van der Waals surface area contributed by atoms with Crippen molar-refractivity contribution in [2.75, 3.05) is 6.54 Å². The standard InChI is InChI=1S/C15H18BrNS/c1-3-7-17-15(12-6-8-18-10-12)14-5-4-13(16)9-11(14)2/h4-6,8-10,15,17H,3,7H2,1-2H3. The Kier molecular flexibility index (Phi) is 4.98. The summed E-state index contributed by atoms with van der Waals surface area (Å²) in [5, 5.41) is 8.01. The molecule has 3 heteroatoms. The van der Waals surface area contributed by atoms with Crippen molar-refractivity contribution in [3.8, 4) is 0 Å². The molecular weight excluding hydrogens is 306 g/mol. The van der Waals surface area contributed by atoms with Gasteiger partial charge in [-0.25, -0.2) is 0 Å². The van der Waals surface area contributed by atoms with E-state index < -0.39 is 0 Å². The Labute approximate surface area is 121 Å². The summed E-state index contributed by atoms with van der Waals surface area (Å²) in [7, 11) is 0. The first-order chi connectivity index (χ1) is 8.72. The molecule has 2 rings (SSSR count). The van der Waals surface area contributed by atoms with Gasteiger partial charge >= 0.3 is 0 Å². The molecule has 0 saturated carbocycles. The summed E-state index contributed by atoms with van der Waals surface area (Å²) in [5.41, 5.74) is 4.05. The van der Waals surface area contributed by atoms with Crippen molar-refractivity contribution in [1.82, 2.24) is 5.32 Å². The second-order valence-corrected chi connectivity index (χ2v) is 6.14. The number of benzene rings is 1. The molecule has 0 spiro atoms. The van der Waals surface area contributed by atoms with Crippen LogP contribution in [0, 0.1) is 6.92 Å². The quantitative estimate of drug-likeness (QED) is 0.824. The summed E-state index contributed by atoms with van der Waals surface area (Å²) in [5.74, 6) is 0. The number of hydrogen-bond acceptors (Lipinski definition) is 2. The molecule has 1 heterocycles. The Bertz CT molecular complexity index is 493. The van der Waals surface area contributed by atoms with E-state index in [0.29, 0.717) is 6.04 Å². The summed E-state index contributed by atoms with van der Waals surface area (Å²) in [4.78, 5) is 0. The van der Waals surface area contributed by atoms with Crippen molar-refractivity contribution < 1.29 is 0 Å². The van der Waals surface area contributed by atoms with Gasteiger partial charge in [-0.2, -0.15) is 11.3 Å². The monoisotopic (exact) mass is 323 g/mol. The fraction of sp³-hybridized carbons (Fsp3) is 0.333. The van der Waals surface area contributed by atoms with Gasteiger partial charge in [0.1, 0.15) is 0 Å². The lowest BCUT2D eigenvalue weighted by Gasteiger charge is -2.20. The summed E-state index contributed by atoms with van der Waals surface area (Å²) in [6.45, 7) is 5.41. The molecule has 1 aromatic heterocycles. The van der Waals surface area contributed by atoms with Gasteiger partial charge in [0.25, 0.3) is 0 Å². The lowest BCUT2D eigenvalue weighted by atomic mass is 9.97. The van der Waals surface area contributed by atoms with Crippen LogP contribution in [0.4, 0.5) is 0 Å². The van der Waals surface area contributed by atoms with Gasteiger partial charge in [0.15, 0.2) is 0 Å². The van der Waals surface area contributed by atoms with Crippen LogP contribution in [0.3, 0.4) is 0 Å². The van der Waals surface area contributed by atoms with E-state index in [0.717, 1.165) is 17.4 Å². The fourth-order valence-electron chi connectivity index (χ4n) is 2.10. The van der Waals surface area contributed by atoms with Gasteiger partial charge in [0.2, 0.25) is 0 Å². The lowest BCUT2D eigenvalue weighted by molar-refractivity contribution is 0.597. The first-order valence-corrected chi connectivity index (χ1v) is 7.97. The molecule has 0 aliphatic heterocycles. The average Bonchev–Trinajstić information content (AvgIpc) is 2.85. The third-order valence-corrected chi connectivity index (χ3v) is 4.21. The van der Waals surface area contributed by atoms with Crippen LogP contribution >= 0.6 is 27.3 Å². The van der Waals surface area contributed by atoms with Crippen molar-refractivity contribution in [1.29, 1.82) is 0 Å². The highest BCUT2D eigenvalue weighted by atomic mass is 79.9. The minimum atomic E-state index is 0.310. The molecule has 0 aliphatic rings. The number of hydrogen-bond donors (Lipinski definition) is 1. The van der Waals surface area contributed by atoms with Gasteiger partial charge in [-0.15, -0.1) is 0 Å². The molecule has 0 saturated heterocycles. The van der Waals surface area contributed by atoms with Crippen molar-refractivity contribution in [3.63, 3.8) is 0 Å². The van der Waals surface area contributed by atoms with E-state index in [4.69, 9.17) is 0 Å². The summed E-state index contributed by atoms with van der Waals surface area (Å²) >= 11 is 5.28. The van der Waals surface area contributed by atoms with Crippen molar-refractivity contribution in [3.05, 3.63) is 56.2 Å². The Morgan fingerprint density at radius 1 is 1.33 bits per heavy atom. The van der Waals surface area contributed by atoms with Gasteiger partial charge in [-0.3, -0.25) is 0 Å². The smallest absolute Gasteiger partial charge is 0.0587 e. The zero-order valence-electron chi connectivity index (χ0n) is 10.7. The van der Waals surface area contributed by atoms with E-state index >= 15 is 0 Å². The maximum absolute atomic E-state index is 3.64. The molecule has 1 nitrogen and oxygen atoms in total. The first kappa shape index (κ1) is 13.8. The number of thiophene rings is 1. The van der Waals surface area contributed by atoms with Gasteiger partial charge in [0, 0.05) is 4.47 Å². The molecule has 1 atom stereocenters. The Hall–Kier alpha value is -0.640. The summed E-state index contributed by atoms with van der Waals surface area (Å²) in [6.07, 6.45) is 1.15. The number of aryl methyl sites for hydroxylation is 1. The third kappa shape index (κ3) is 3.22. The van der Waals surface area contributed by atoms with Crippen molar-refractivity contribution in [2.24, 2.45) is 0 Å². The van der Waals surface area contributed by atoms with Crippen molar-refractivity contribution >= 4 is 27.3 Å². The molecule has 1 N–H and O–H groups in total. The van der Waals surface area contributed by atoms with E-state index in [-0.39, 0.29) is 0 Å². The van der Waals surface area contributed by atoms with Crippen LogP contribution in [0.1, 0.15) is 36.1 Å². The van der Waals surface area contributed by atoms with E-state index in [2.05, 4.69) is 70.1 Å². The van der Waals surface area contributed by atoms with Gasteiger partial charge in [-0.05, 0) is 65.5 Å². The maximum atomic E-state index is 3.64. The second-order valence-electron chi connectivity index (χ2n) is 4.44. The molecule has 0 fully saturated rings. The molecule has 0 amide bonds. The fourth-order valence-corrected chi connectivity index (χ4v) is 3.26. The molecule has 96 valence electrons. The third-order valence-electron chi connectivity index (χ3n) is 3.02. The van der Waals surface area contributed by atoms with Crippen LogP contribution in [-0.2, 0) is 0 Å².